The number of carbonyl (C=O) groups excluding carboxylic acids is 2. The maximum atomic E-state index is 11.2. The van der Waals surface area contributed by atoms with E-state index in [9.17, 15) is 9.59 Å². The molecule has 28 heavy (non-hydrogen) atoms. The van der Waals surface area contributed by atoms with Gasteiger partial charge in [0, 0.05) is 52.1 Å². The minimum atomic E-state index is -0.198. The molecule has 10 heteroatoms. The van der Waals surface area contributed by atoms with Gasteiger partial charge in [0.15, 0.2) is 0 Å². The first-order valence-corrected chi connectivity index (χ1v) is 9.28. The zero-order valence-corrected chi connectivity index (χ0v) is 24.0. The number of hydrogen-bond acceptors (Lipinski definition) is 6. The molecule has 0 aromatic carbocycles. The third-order valence-corrected chi connectivity index (χ3v) is 5.70. The van der Waals surface area contributed by atoms with Gasteiger partial charge in [-0.05, 0) is 25.9 Å². The number of ether oxygens (including phenoxy) is 2. The summed E-state index contributed by atoms with van der Waals surface area (Å²) in [5.41, 5.74) is 0. The number of hydrogen-bond donors (Lipinski definition) is 0. The van der Waals surface area contributed by atoms with Crippen molar-refractivity contribution in [2.24, 2.45) is 11.8 Å². The SMILES string of the molecule is [CH2-]N1CC[C@@H]2CN(C)C(=O)O[C@H]2C1.[CH2-]N1CC[C@H]2CN(C)C(=O)O[C@@H]2C1.[K+].[K+]. The molecule has 0 saturated carbocycles. The van der Waals surface area contributed by atoms with E-state index in [1.807, 2.05) is 9.80 Å². The molecular weight excluding hydrogens is 414 g/mol. The number of nitrogens with zero attached hydrogens (tertiary/aromatic N) is 4. The molecule has 0 aromatic rings. The summed E-state index contributed by atoms with van der Waals surface area (Å²) in [5.74, 6) is 1.00. The van der Waals surface area contributed by atoms with Crippen molar-refractivity contribution in [3.05, 3.63) is 14.1 Å². The molecule has 4 aliphatic rings. The van der Waals surface area contributed by atoms with Gasteiger partial charge in [-0.25, -0.2) is 9.59 Å². The number of fused-ring (bicyclic) bond motifs is 2. The molecule has 0 aromatic heterocycles. The van der Waals surface area contributed by atoms with Crippen molar-refractivity contribution >= 4 is 12.2 Å². The van der Waals surface area contributed by atoms with E-state index < -0.39 is 0 Å². The van der Waals surface area contributed by atoms with E-state index in [1.165, 1.54) is 0 Å². The van der Waals surface area contributed by atoms with Crippen LogP contribution in [0.4, 0.5) is 9.59 Å². The number of piperidine rings is 2. The van der Waals surface area contributed by atoms with Gasteiger partial charge in [0.1, 0.15) is 12.2 Å². The van der Waals surface area contributed by atoms with Crippen LogP contribution >= 0.6 is 0 Å². The number of likely N-dealkylation sites (tertiary alicyclic amines) is 2. The van der Waals surface area contributed by atoms with Crippen LogP contribution in [0, 0.1) is 25.9 Å². The van der Waals surface area contributed by atoms with E-state index in [-0.39, 0.29) is 127 Å². The number of amides is 2. The Balaban J connectivity index is 0.000000261. The van der Waals surface area contributed by atoms with E-state index in [0.717, 1.165) is 52.1 Å². The first kappa shape index (κ1) is 27.8. The predicted molar refractivity (Wildman–Crippen MR) is 95.9 cm³/mol. The van der Waals surface area contributed by atoms with Crippen molar-refractivity contribution in [1.29, 1.82) is 0 Å². The average Bonchev–Trinajstić information content (AvgIpc) is 2.58. The molecule has 0 N–H and O–H groups in total. The van der Waals surface area contributed by atoms with Crippen LogP contribution in [0.2, 0.25) is 0 Å². The summed E-state index contributed by atoms with van der Waals surface area (Å²) in [7, 11) is 11.3. The molecule has 0 aliphatic carbocycles. The zero-order valence-electron chi connectivity index (χ0n) is 17.8. The van der Waals surface area contributed by atoms with Crippen LogP contribution in [0.3, 0.4) is 0 Å². The van der Waals surface area contributed by atoms with Gasteiger partial charge >= 0.3 is 115 Å². The molecule has 4 atom stereocenters. The summed E-state index contributed by atoms with van der Waals surface area (Å²) in [5, 5.41) is 0. The molecule has 4 aliphatic heterocycles. The van der Waals surface area contributed by atoms with Gasteiger partial charge in [-0.3, -0.25) is 14.1 Å². The Labute approximate surface area is 253 Å². The summed E-state index contributed by atoms with van der Waals surface area (Å²) >= 11 is 0. The number of carbonyl (C=O) groups is 2. The maximum Gasteiger partial charge on any atom is 1.00 e. The molecule has 0 spiro atoms. The van der Waals surface area contributed by atoms with Gasteiger partial charge in [-0.1, -0.05) is 0 Å². The van der Waals surface area contributed by atoms with E-state index in [1.54, 1.807) is 23.9 Å². The average molecular weight is 445 g/mol. The fourth-order valence-electron chi connectivity index (χ4n) is 4.03. The second-order valence-corrected chi connectivity index (χ2v) is 7.86. The minimum Gasteiger partial charge on any atom is -0.456 e. The number of rotatable bonds is 0. The van der Waals surface area contributed by atoms with Gasteiger partial charge < -0.3 is 29.1 Å². The van der Waals surface area contributed by atoms with E-state index >= 15 is 0 Å². The van der Waals surface area contributed by atoms with Crippen LogP contribution in [0.5, 0.6) is 0 Å². The molecule has 0 unspecified atom stereocenters. The summed E-state index contributed by atoms with van der Waals surface area (Å²) in [6.45, 7) is 5.24. The Bertz CT molecular complexity index is 496. The van der Waals surface area contributed by atoms with Crippen molar-refractivity contribution in [2.75, 3.05) is 53.4 Å². The first-order chi connectivity index (χ1) is 12.3. The van der Waals surface area contributed by atoms with Crippen molar-refractivity contribution in [3.63, 3.8) is 0 Å². The molecule has 8 nitrogen and oxygen atoms in total. The van der Waals surface area contributed by atoms with Crippen molar-refractivity contribution in [1.82, 2.24) is 19.6 Å². The van der Waals surface area contributed by atoms with Crippen LogP contribution in [-0.4, -0.2) is 97.4 Å². The summed E-state index contributed by atoms with van der Waals surface area (Å²) in [6.07, 6.45) is 1.88. The molecule has 4 fully saturated rings. The van der Waals surface area contributed by atoms with Crippen LogP contribution in [-0.2, 0) is 9.47 Å². The van der Waals surface area contributed by atoms with Gasteiger partial charge in [0.05, 0.1) is 0 Å². The molecule has 148 valence electrons. The standard InChI is InChI=1S/2C9H15N2O2.2K/c2*1-10-4-3-7-5-11(2)9(12)13-8(7)6-10;;/h2*7-8H,1,3-6H2,2H3;;/q2*-1;2*+1/t2*7-,8+;;/m10../s1. The van der Waals surface area contributed by atoms with Gasteiger partial charge in [0.25, 0.3) is 0 Å². The molecule has 4 saturated heterocycles. The molecule has 0 bridgehead atoms. The normalized spacial score (nSPS) is 33.0. The van der Waals surface area contributed by atoms with Crippen LogP contribution < -0.4 is 103 Å². The Morgan fingerprint density at radius 3 is 1.46 bits per heavy atom. The monoisotopic (exact) mass is 444 g/mol. The van der Waals surface area contributed by atoms with Gasteiger partial charge in [-0.2, -0.15) is 0 Å². The van der Waals surface area contributed by atoms with E-state index in [2.05, 4.69) is 14.1 Å². The maximum absolute atomic E-state index is 11.2. The smallest absolute Gasteiger partial charge is 0.456 e. The van der Waals surface area contributed by atoms with E-state index in [4.69, 9.17) is 9.47 Å². The predicted octanol–water partition coefficient (Wildman–Crippen LogP) is -4.89. The second-order valence-electron chi connectivity index (χ2n) is 7.86. The summed E-state index contributed by atoms with van der Waals surface area (Å²) in [4.78, 5) is 29.7. The Morgan fingerprint density at radius 1 is 0.750 bits per heavy atom. The van der Waals surface area contributed by atoms with Crippen LogP contribution in [0.1, 0.15) is 12.8 Å². The largest absolute Gasteiger partial charge is 1.00 e. The first-order valence-electron chi connectivity index (χ1n) is 9.28. The third-order valence-electron chi connectivity index (χ3n) is 5.70. The van der Waals surface area contributed by atoms with E-state index in [0.29, 0.717) is 11.8 Å². The fraction of sp³-hybridized carbons (Fsp3) is 0.778. The van der Waals surface area contributed by atoms with Crippen LogP contribution in [0.25, 0.3) is 0 Å². The van der Waals surface area contributed by atoms with Crippen molar-refractivity contribution in [2.45, 2.75) is 25.0 Å². The minimum absolute atomic E-state index is 0. The molecule has 4 heterocycles. The second kappa shape index (κ2) is 12.7. The fourth-order valence-corrected chi connectivity index (χ4v) is 4.03. The molecular formula is C18H30K2N4O4. The van der Waals surface area contributed by atoms with Crippen LogP contribution in [0.15, 0.2) is 0 Å². The van der Waals surface area contributed by atoms with Crippen molar-refractivity contribution in [3.8, 4) is 0 Å². The Morgan fingerprint density at radius 2 is 1.11 bits per heavy atom. The summed E-state index contributed by atoms with van der Waals surface area (Å²) in [6, 6.07) is 0. The van der Waals surface area contributed by atoms with Gasteiger partial charge in [0.2, 0.25) is 0 Å². The zero-order chi connectivity index (χ0) is 18.8. The molecule has 2 amide bonds. The van der Waals surface area contributed by atoms with Crippen molar-refractivity contribution < 1.29 is 122 Å². The molecule has 4 rings (SSSR count). The summed E-state index contributed by atoms with van der Waals surface area (Å²) < 4.78 is 10.6. The topological polar surface area (TPSA) is 65.6 Å². The quantitative estimate of drug-likeness (QED) is 0.276. The van der Waals surface area contributed by atoms with Gasteiger partial charge in [-0.15, -0.1) is 0 Å². The molecule has 0 radical (unpaired) electrons. The Hall–Kier alpha value is 1.73. The third kappa shape index (κ3) is 7.41. The Kier molecular flexibility index (Phi) is 12.6.